The Morgan fingerprint density at radius 3 is 2.53 bits per heavy atom. The summed E-state index contributed by atoms with van der Waals surface area (Å²) >= 11 is 10.4. The molecule has 0 saturated carbocycles. The zero-order chi connectivity index (χ0) is 13.9. The molecule has 0 unspecified atom stereocenters. The summed E-state index contributed by atoms with van der Waals surface area (Å²) in [6, 6.07) is 4.27. The first-order valence-corrected chi connectivity index (χ1v) is 9.29. The van der Waals surface area contributed by atoms with Crippen LogP contribution >= 0.6 is 54.5 Å². The van der Waals surface area contributed by atoms with E-state index in [-0.39, 0.29) is 5.41 Å². The van der Waals surface area contributed by atoms with Crippen molar-refractivity contribution in [3.05, 3.63) is 41.6 Å². The lowest BCUT2D eigenvalue weighted by Gasteiger charge is -2.16. The molecular formula is C15H14Br2S2. The second-order valence-electron chi connectivity index (χ2n) is 5.02. The van der Waals surface area contributed by atoms with Gasteiger partial charge in [-0.05, 0) is 81.6 Å². The minimum atomic E-state index is 0.0465. The number of halogens is 2. The van der Waals surface area contributed by atoms with Gasteiger partial charge in [-0.15, -0.1) is 22.7 Å². The second kappa shape index (κ2) is 6.58. The van der Waals surface area contributed by atoms with Crippen LogP contribution < -0.4 is 0 Å². The van der Waals surface area contributed by atoms with Crippen molar-refractivity contribution in [3.8, 4) is 11.8 Å². The smallest absolute Gasteiger partial charge is 0.0780 e. The van der Waals surface area contributed by atoms with Gasteiger partial charge in [-0.25, -0.2) is 0 Å². The molecular weight excluding hydrogens is 404 g/mol. The largest absolute Gasteiger partial charge is 0.137 e. The molecule has 0 amide bonds. The summed E-state index contributed by atoms with van der Waals surface area (Å²) in [5.41, 5.74) is 1.44. The lowest BCUT2D eigenvalue weighted by atomic mass is 9.87. The molecule has 2 heterocycles. The predicted octanol–water partition coefficient (Wildman–Crippen LogP) is 6.35. The Kier molecular flexibility index (Phi) is 5.30. The van der Waals surface area contributed by atoms with Gasteiger partial charge in [0, 0.05) is 15.3 Å². The fourth-order valence-corrected chi connectivity index (χ4v) is 4.12. The fraction of sp³-hybridized carbons (Fsp3) is 0.333. The van der Waals surface area contributed by atoms with E-state index in [1.807, 2.05) is 0 Å². The van der Waals surface area contributed by atoms with Crippen LogP contribution in [0.5, 0.6) is 0 Å². The van der Waals surface area contributed by atoms with Gasteiger partial charge in [-0.2, -0.15) is 0 Å². The van der Waals surface area contributed by atoms with Crippen LogP contribution in [0.3, 0.4) is 0 Å². The van der Waals surface area contributed by atoms with Crippen molar-refractivity contribution in [1.82, 2.24) is 0 Å². The van der Waals surface area contributed by atoms with E-state index >= 15 is 0 Å². The molecule has 0 radical (unpaired) electrons. The summed E-state index contributed by atoms with van der Waals surface area (Å²) in [4.78, 5) is 1.12. The van der Waals surface area contributed by atoms with Crippen molar-refractivity contribution in [2.24, 2.45) is 5.41 Å². The summed E-state index contributed by atoms with van der Waals surface area (Å²) in [6.45, 7) is 4.42. The van der Waals surface area contributed by atoms with Gasteiger partial charge in [-0.3, -0.25) is 0 Å². The van der Waals surface area contributed by atoms with Crippen LogP contribution in [0.1, 0.15) is 30.7 Å². The summed E-state index contributed by atoms with van der Waals surface area (Å²) in [5, 5.41) is 4.28. The van der Waals surface area contributed by atoms with E-state index in [9.17, 15) is 0 Å². The molecule has 2 aromatic heterocycles. The monoisotopic (exact) mass is 416 g/mol. The van der Waals surface area contributed by atoms with Gasteiger partial charge in [0.15, 0.2) is 0 Å². The van der Waals surface area contributed by atoms with Crippen LogP contribution in [0.4, 0.5) is 0 Å². The zero-order valence-corrected chi connectivity index (χ0v) is 15.6. The highest BCUT2D eigenvalue weighted by molar-refractivity contribution is 9.11. The summed E-state index contributed by atoms with van der Waals surface area (Å²) < 4.78 is 2.32. The molecule has 0 aliphatic carbocycles. The molecule has 4 heteroatoms. The topological polar surface area (TPSA) is 0 Å². The van der Waals surface area contributed by atoms with Crippen LogP contribution in [-0.4, -0.2) is 0 Å². The average molecular weight is 418 g/mol. The Morgan fingerprint density at radius 1 is 1.16 bits per heavy atom. The fourth-order valence-electron chi connectivity index (χ4n) is 1.61. The standard InChI is InChI=1S/C15H14Br2S2/c1-15(2,5-3-11-7-14(17)19-9-11)6-4-13-8-12(16)10-18-13/h7-10H,3,5H2,1-2H3. The molecule has 0 spiro atoms. The first-order valence-electron chi connectivity index (χ1n) is 5.95. The van der Waals surface area contributed by atoms with Crippen LogP contribution in [0.15, 0.2) is 31.2 Å². The third-order valence-corrected chi connectivity index (χ3v) is 5.91. The van der Waals surface area contributed by atoms with Gasteiger partial charge < -0.3 is 0 Å². The number of aryl methyl sites for hydroxylation is 1. The van der Waals surface area contributed by atoms with Gasteiger partial charge in [0.25, 0.3) is 0 Å². The molecule has 0 fully saturated rings. The lowest BCUT2D eigenvalue weighted by Crippen LogP contribution is -2.09. The highest BCUT2D eigenvalue weighted by atomic mass is 79.9. The Bertz CT molecular complexity index is 611. The molecule has 0 N–H and O–H groups in total. The van der Waals surface area contributed by atoms with Crippen molar-refractivity contribution in [3.63, 3.8) is 0 Å². The SMILES string of the molecule is CC(C)(C#Cc1cc(Br)cs1)CCc1csc(Br)c1. The molecule has 2 rings (SSSR count). The zero-order valence-electron chi connectivity index (χ0n) is 10.8. The van der Waals surface area contributed by atoms with Crippen molar-refractivity contribution in [1.29, 1.82) is 0 Å². The van der Waals surface area contributed by atoms with Gasteiger partial charge in [0.05, 0.1) is 8.66 Å². The summed E-state index contributed by atoms with van der Waals surface area (Å²) in [5.74, 6) is 6.68. The van der Waals surface area contributed by atoms with E-state index in [2.05, 4.69) is 80.4 Å². The molecule has 100 valence electrons. The van der Waals surface area contributed by atoms with E-state index in [4.69, 9.17) is 0 Å². The predicted molar refractivity (Wildman–Crippen MR) is 93.0 cm³/mol. The van der Waals surface area contributed by atoms with Crippen molar-refractivity contribution < 1.29 is 0 Å². The molecule has 0 bridgehead atoms. The minimum absolute atomic E-state index is 0.0465. The molecule has 0 aromatic carbocycles. The van der Waals surface area contributed by atoms with E-state index in [1.165, 1.54) is 9.35 Å². The lowest BCUT2D eigenvalue weighted by molar-refractivity contribution is 0.459. The van der Waals surface area contributed by atoms with Crippen LogP contribution in [-0.2, 0) is 6.42 Å². The number of hydrogen-bond acceptors (Lipinski definition) is 2. The maximum Gasteiger partial charge on any atom is 0.0780 e. The van der Waals surface area contributed by atoms with Gasteiger partial charge in [0.1, 0.15) is 0 Å². The number of hydrogen-bond donors (Lipinski definition) is 0. The molecule has 0 aliphatic heterocycles. The van der Waals surface area contributed by atoms with E-state index in [0.717, 1.165) is 22.2 Å². The molecule has 0 nitrogen and oxygen atoms in total. The van der Waals surface area contributed by atoms with Gasteiger partial charge in [-0.1, -0.05) is 11.8 Å². The Labute approximate surface area is 139 Å². The number of rotatable bonds is 3. The minimum Gasteiger partial charge on any atom is -0.137 e. The third kappa shape index (κ3) is 5.07. The third-order valence-electron chi connectivity index (χ3n) is 2.75. The van der Waals surface area contributed by atoms with E-state index in [0.29, 0.717) is 0 Å². The molecule has 0 aliphatic rings. The highest BCUT2D eigenvalue weighted by Gasteiger charge is 2.14. The van der Waals surface area contributed by atoms with Gasteiger partial charge in [0.2, 0.25) is 0 Å². The van der Waals surface area contributed by atoms with E-state index in [1.54, 1.807) is 22.7 Å². The first-order chi connectivity index (χ1) is 8.94. The van der Waals surface area contributed by atoms with Crippen LogP contribution in [0.25, 0.3) is 0 Å². The highest BCUT2D eigenvalue weighted by Crippen LogP contribution is 2.27. The van der Waals surface area contributed by atoms with Crippen molar-refractivity contribution >= 4 is 54.5 Å². The summed E-state index contributed by atoms with van der Waals surface area (Å²) in [6.07, 6.45) is 2.16. The second-order valence-corrected chi connectivity index (χ2v) is 9.14. The summed E-state index contributed by atoms with van der Waals surface area (Å²) in [7, 11) is 0. The molecule has 19 heavy (non-hydrogen) atoms. The normalized spacial score (nSPS) is 11.2. The molecule has 2 aromatic rings. The van der Waals surface area contributed by atoms with Gasteiger partial charge >= 0.3 is 0 Å². The maximum atomic E-state index is 3.50. The Hall–Kier alpha value is -0.0800. The van der Waals surface area contributed by atoms with Crippen LogP contribution in [0.2, 0.25) is 0 Å². The Morgan fingerprint density at radius 2 is 1.95 bits per heavy atom. The van der Waals surface area contributed by atoms with Crippen molar-refractivity contribution in [2.75, 3.05) is 0 Å². The first kappa shape index (κ1) is 15.3. The van der Waals surface area contributed by atoms with Crippen LogP contribution in [0, 0.1) is 17.3 Å². The van der Waals surface area contributed by atoms with Crippen molar-refractivity contribution in [2.45, 2.75) is 26.7 Å². The number of thiophene rings is 2. The molecule has 0 saturated heterocycles. The average Bonchev–Trinajstić information content (AvgIpc) is 2.93. The Balaban J connectivity index is 1.96. The van der Waals surface area contributed by atoms with E-state index < -0.39 is 0 Å². The quantitative estimate of drug-likeness (QED) is 0.510. The molecule has 0 atom stereocenters. The maximum absolute atomic E-state index is 3.50.